The van der Waals surface area contributed by atoms with Crippen molar-refractivity contribution in [2.45, 2.75) is 13.3 Å². The minimum absolute atomic E-state index is 0.198. The van der Waals surface area contributed by atoms with Crippen LogP contribution in [-0.2, 0) is 0 Å². The first-order valence-corrected chi connectivity index (χ1v) is 11.3. The molecule has 1 amide bonds. The molecule has 3 aromatic rings. The Morgan fingerprint density at radius 1 is 1.06 bits per heavy atom. The molecule has 0 saturated heterocycles. The Bertz CT molecular complexity index is 1210. The number of hydrogen-bond acceptors (Lipinski definition) is 6. The zero-order valence-electron chi connectivity index (χ0n) is 19.9. The van der Waals surface area contributed by atoms with Crippen LogP contribution in [0.3, 0.4) is 0 Å². The number of nitrogen functional groups attached to an aromatic ring is 1. The first-order chi connectivity index (χ1) is 16.2. The number of hydrogen-bond donors (Lipinski definition) is 2. The summed E-state index contributed by atoms with van der Waals surface area (Å²) in [5.74, 6) is 6.07. The Morgan fingerprint density at radius 2 is 1.79 bits per heavy atom. The summed E-state index contributed by atoms with van der Waals surface area (Å²) in [6.07, 6.45) is 4.13. The molecule has 176 valence electrons. The highest BCUT2D eigenvalue weighted by molar-refractivity contribution is 6.31. The van der Waals surface area contributed by atoms with Crippen molar-refractivity contribution in [1.29, 1.82) is 0 Å². The number of nitrogens with two attached hydrogens (primary N) is 1. The van der Waals surface area contributed by atoms with Crippen molar-refractivity contribution in [3.8, 4) is 11.8 Å². The molecule has 34 heavy (non-hydrogen) atoms. The molecule has 0 aliphatic heterocycles. The molecular formula is C26H29ClN6O. The molecule has 0 saturated carbocycles. The van der Waals surface area contributed by atoms with Gasteiger partial charge in [0.05, 0.1) is 16.9 Å². The largest absolute Gasteiger partial charge is 0.373 e. The van der Waals surface area contributed by atoms with Gasteiger partial charge in [-0.1, -0.05) is 29.5 Å². The second kappa shape index (κ2) is 11.5. The van der Waals surface area contributed by atoms with Crippen LogP contribution in [0.25, 0.3) is 0 Å². The molecule has 0 aliphatic carbocycles. The molecule has 2 aromatic carbocycles. The molecule has 8 heteroatoms. The Balaban J connectivity index is 1.80. The molecule has 3 rings (SSSR count). The van der Waals surface area contributed by atoms with Gasteiger partial charge in [-0.05, 0) is 69.9 Å². The fraction of sp³-hybridized carbons (Fsp3) is 0.269. The van der Waals surface area contributed by atoms with Crippen molar-refractivity contribution in [3.63, 3.8) is 0 Å². The van der Waals surface area contributed by atoms with E-state index in [0.29, 0.717) is 21.8 Å². The minimum Gasteiger partial charge on any atom is -0.373 e. The lowest BCUT2D eigenvalue weighted by Gasteiger charge is -2.23. The number of carbonyl (C=O) groups excluding carboxylic acids is 1. The summed E-state index contributed by atoms with van der Waals surface area (Å²) >= 11 is 6.24. The lowest BCUT2D eigenvalue weighted by molar-refractivity contribution is 0.102. The van der Waals surface area contributed by atoms with E-state index in [-0.39, 0.29) is 11.9 Å². The van der Waals surface area contributed by atoms with E-state index in [1.54, 1.807) is 30.6 Å². The standard InChI is InChI=1S/C26H29ClN6O/c1-18-6-8-21(14-20(18)9-7-19-16-29-26(28)30-17-19)25(34)31-23-15-22(27)10-11-24(23)33(4)13-5-12-32(2)3/h6,8,10-11,14-17H,5,12-13H2,1-4H3,(H,31,34)(H2,28,29,30). The Kier molecular flexibility index (Phi) is 8.47. The van der Waals surface area contributed by atoms with E-state index in [2.05, 4.69) is 51.0 Å². The van der Waals surface area contributed by atoms with Crippen molar-refractivity contribution in [3.05, 3.63) is 76.1 Å². The molecule has 1 aromatic heterocycles. The van der Waals surface area contributed by atoms with Gasteiger partial charge in [-0.15, -0.1) is 0 Å². The molecular weight excluding hydrogens is 448 g/mol. The highest BCUT2D eigenvalue weighted by Gasteiger charge is 2.14. The Hall–Kier alpha value is -3.60. The van der Waals surface area contributed by atoms with Gasteiger partial charge < -0.3 is 20.9 Å². The first kappa shape index (κ1) is 25.0. The average molecular weight is 477 g/mol. The topological polar surface area (TPSA) is 87.4 Å². The number of benzene rings is 2. The smallest absolute Gasteiger partial charge is 0.255 e. The maximum absolute atomic E-state index is 13.1. The van der Waals surface area contributed by atoms with Gasteiger partial charge in [-0.3, -0.25) is 4.79 Å². The van der Waals surface area contributed by atoms with Gasteiger partial charge in [-0.2, -0.15) is 0 Å². The number of rotatable bonds is 7. The van der Waals surface area contributed by atoms with Gasteiger partial charge in [0, 0.05) is 42.1 Å². The normalized spacial score (nSPS) is 10.5. The summed E-state index contributed by atoms with van der Waals surface area (Å²) in [6.45, 7) is 3.78. The van der Waals surface area contributed by atoms with Crippen LogP contribution < -0.4 is 16.0 Å². The summed E-state index contributed by atoms with van der Waals surface area (Å²) in [4.78, 5) is 25.3. The molecule has 0 unspecified atom stereocenters. The lowest BCUT2D eigenvalue weighted by atomic mass is 10.0. The van der Waals surface area contributed by atoms with Crippen LogP contribution in [0.2, 0.25) is 5.02 Å². The van der Waals surface area contributed by atoms with Crippen LogP contribution in [0.15, 0.2) is 48.8 Å². The average Bonchev–Trinajstić information content (AvgIpc) is 2.79. The van der Waals surface area contributed by atoms with Gasteiger partial charge in [-0.25, -0.2) is 9.97 Å². The van der Waals surface area contributed by atoms with Crippen LogP contribution >= 0.6 is 11.6 Å². The van der Waals surface area contributed by atoms with Crippen molar-refractivity contribution >= 4 is 34.8 Å². The maximum atomic E-state index is 13.1. The predicted molar refractivity (Wildman–Crippen MR) is 139 cm³/mol. The van der Waals surface area contributed by atoms with E-state index >= 15 is 0 Å². The number of aromatic nitrogens is 2. The van der Waals surface area contributed by atoms with E-state index in [1.807, 2.05) is 32.2 Å². The van der Waals surface area contributed by atoms with E-state index in [0.717, 1.165) is 36.3 Å². The first-order valence-electron chi connectivity index (χ1n) is 10.9. The van der Waals surface area contributed by atoms with Crippen LogP contribution in [0, 0.1) is 18.8 Å². The Morgan fingerprint density at radius 3 is 2.50 bits per heavy atom. The number of nitrogens with zero attached hydrogens (tertiary/aromatic N) is 4. The number of carbonyl (C=O) groups is 1. The summed E-state index contributed by atoms with van der Waals surface area (Å²) < 4.78 is 0. The van der Waals surface area contributed by atoms with Crippen molar-refractivity contribution < 1.29 is 4.79 Å². The summed E-state index contributed by atoms with van der Waals surface area (Å²) in [5.41, 5.74) is 9.95. The monoisotopic (exact) mass is 476 g/mol. The highest BCUT2D eigenvalue weighted by Crippen LogP contribution is 2.29. The van der Waals surface area contributed by atoms with Crippen molar-refractivity contribution in [1.82, 2.24) is 14.9 Å². The lowest BCUT2D eigenvalue weighted by Crippen LogP contribution is -2.24. The Labute approximate surface area is 206 Å². The van der Waals surface area contributed by atoms with Gasteiger partial charge in [0.15, 0.2) is 0 Å². The maximum Gasteiger partial charge on any atom is 0.255 e. The molecule has 7 nitrogen and oxygen atoms in total. The van der Waals surface area contributed by atoms with Gasteiger partial charge in [0.1, 0.15) is 0 Å². The molecule has 1 heterocycles. The third kappa shape index (κ3) is 6.95. The third-order valence-electron chi connectivity index (χ3n) is 5.23. The van der Waals surface area contributed by atoms with Crippen molar-refractivity contribution in [2.24, 2.45) is 0 Å². The summed E-state index contributed by atoms with van der Waals surface area (Å²) in [6, 6.07) is 11.0. The number of aryl methyl sites for hydroxylation is 1. The zero-order valence-corrected chi connectivity index (χ0v) is 20.6. The molecule has 0 spiro atoms. The predicted octanol–water partition coefficient (Wildman–Crippen LogP) is 4.06. The van der Waals surface area contributed by atoms with Gasteiger partial charge in [0.2, 0.25) is 5.95 Å². The summed E-state index contributed by atoms with van der Waals surface area (Å²) in [5, 5.41) is 3.57. The number of nitrogens with one attached hydrogen (secondary N) is 1. The fourth-order valence-corrected chi connectivity index (χ4v) is 3.49. The van der Waals surface area contributed by atoms with E-state index in [4.69, 9.17) is 17.3 Å². The van der Waals surface area contributed by atoms with Gasteiger partial charge in [0.25, 0.3) is 5.91 Å². The zero-order chi connectivity index (χ0) is 24.7. The van der Waals surface area contributed by atoms with Crippen LogP contribution in [0.4, 0.5) is 17.3 Å². The number of halogens is 1. The minimum atomic E-state index is -0.232. The van der Waals surface area contributed by atoms with Crippen LogP contribution in [-0.4, -0.2) is 55.0 Å². The molecule has 0 atom stereocenters. The molecule has 0 aliphatic rings. The van der Waals surface area contributed by atoms with E-state index < -0.39 is 0 Å². The molecule has 0 fully saturated rings. The quantitative estimate of drug-likeness (QED) is 0.500. The van der Waals surface area contributed by atoms with Crippen LogP contribution in [0.1, 0.15) is 33.5 Å². The van der Waals surface area contributed by atoms with Gasteiger partial charge >= 0.3 is 0 Å². The SMILES string of the molecule is Cc1ccc(C(=O)Nc2cc(Cl)ccc2N(C)CCCN(C)C)cc1C#Cc1cnc(N)nc1. The van der Waals surface area contributed by atoms with E-state index in [9.17, 15) is 4.79 Å². The second-order valence-electron chi connectivity index (χ2n) is 8.30. The number of amides is 1. The third-order valence-corrected chi connectivity index (χ3v) is 5.47. The summed E-state index contributed by atoms with van der Waals surface area (Å²) in [7, 11) is 6.12. The van der Waals surface area contributed by atoms with Crippen molar-refractivity contribution in [2.75, 3.05) is 50.2 Å². The molecule has 0 bridgehead atoms. The highest BCUT2D eigenvalue weighted by atomic mass is 35.5. The second-order valence-corrected chi connectivity index (χ2v) is 8.74. The number of anilines is 3. The van der Waals surface area contributed by atoms with Crippen LogP contribution in [0.5, 0.6) is 0 Å². The molecule has 3 N–H and O–H groups in total. The fourth-order valence-electron chi connectivity index (χ4n) is 3.32. The van der Waals surface area contributed by atoms with E-state index in [1.165, 1.54) is 0 Å². The molecule has 0 radical (unpaired) electrons.